The Kier molecular flexibility index (Phi) is 4.03. The van der Waals surface area contributed by atoms with E-state index in [-0.39, 0.29) is 29.8 Å². The van der Waals surface area contributed by atoms with Crippen LogP contribution in [0, 0.1) is 0 Å². The Bertz CT molecular complexity index is 800. The lowest BCUT2D eigenvalue weighted by molar-refractivity contribution is -0.126. The Morgan fingerprint density at radius 3 is 2.58 bits per heavy atom. The maximum Gasteiger partial charge on any atom is 0.356 e. The molecule has 1 aromatic carbocycles. The molecular formula is C16H16N4O4. The molecule has 8 heteroatoms. The topological polar surface area (TPSA) is 105 Å². The second-order valence-corrected chi connectivity index (χ2v) is 5.62. The molecular weight excluding hydrogens is 312 g/mol. The first-order valence-corrected chi connectivity index (χ1v) is 7.39. The van der Waals surface area contributed by atoms with Crippen molar-refractivity contribution < 1.29 is 19.5 Å². The van der Waals surface area contributed by atoms with Gasteiger partial charge in [-0.3, -0.25) is 9.59 Å². The van der Waals surface area contributed by atoms with Gasteiger partial charge in [-0.15, -0.1) is 0 Å². The molecule has 24 heavy (non-hydrogen) atoms. The Balaban J connectivity index is 1.90. The highest BCUT2D eigenvalue weighted by atomic mass is 16.4. The van der Waals surface area contributed by atoms with Gasteiger partial charge >= 0.3 is 5.97 Å². The Labute approximate surface area is 137 Å². The van der Waals surface area contributed by atoms with Crippen LogP contribution in [0.2, 0.25) is 0 Å². The number of carbonyl (C=O) groups excluding carboxylic acids is 2. The minimum Gasteiger partial charge on any atom is -0.476 e. The SMILES string of the molecule is CN1C[C@H](NC(=O)c2cc(C(=O)O)nn2-c2ccccc2)CC1=O. The largest absolute Gasteiger partial charge is 0.476 e. The van der Waals surface area contributed by atoms with Gasteiger partial charge in [-0.2, -0.15) is 5.10 Å². The number of para-hydroxylation sites is 1. The number of hydrogen-bond donors (Lipinski definition) is 2. The quantitative estimate of drug-likeness (QED) is 0.852. The van der Waals surface area contributed by atoms with Gasteiger partial charge in [0.2, 0.25) is 5.91 Å². The molecule has 0 aliphatic carbocycles. The summed E-state index contributed by atoms with van der Waals surface area (Å²) in [4.78, 5) is 36.8. The van der Waals surface area contributed by atoms with Crippen LogP contribution < -0.4 is 5.32 Å². The third-order valence-corrected chi connectivity index (χ3v) is 3.84. The number of nitrogens with zero attached hydrogens (tertiary/aromatic N) is 3. The van der Waals surface area contributed by atoms with Crippen LogP contribution in [0.3, 0.4) is 0 Å². The summed E-state index contributed by atoms with van der Waals surface area (Å²) in [5.41, 5.74) is 0.471. The van der Waals surface area contributed by atoms with Crippen molar-refractivity contribution in [3.05, 3.63) is 47.8 Å². The van der Waals surface area contributed by atoms with E-state index in [1.54, 1.807) is 36.2 Å². The molecule has 2 N–H and O–H groups in total. The number of carboxylic acid groups (broad SMARTS) is 1. The van der Waals surface area contributed by atoms with Crippen molar-refractivity contribution in [2.45, 2.75) is 12.5 Å². The number of aromatic nitrogens is 2. The lowest BCUT2D eigenvalue weighted by atomic mass is 10.2. The number of aromatic carboxylic acids is 1. The third kappa shape index (κ3) is 2.98. The van der Waals surface area contributed by atoms with Crippen LogP contribution in [0.25, 0.3) is 5.69 Å². The summed E-state index contributed by atoms with van der Waals surface area (Å²) in [7, 11) is 1.67. The molecule has 0 bridgehead atoms. The minimum atomic E-state index is -1.21. The van der Waals surface area contributed by atoms with Gasteiger partial charge < -0.3 is 15.3 Å². The van der Waals surface area contributed by atoms with Crippen molar-refractivity contribution in [1.29, 1.82) is 0 Å². The summed E-state index contributed by atoms with van der Waals surface area (Å²) >= 11 is 0. The van der Waals surface area contributed by atoms with Gasteiger partial charge in [-0.05, 0) is 12.1 Å². The van der Waals surface area contributed by atoms with Crippen LogP contribution in [0.4, 0.5) is 0 Å². The van der Waals surface area contributed by atoms with Crippen molar-refractivity contribution in [3.8, 4) is 5.69 Å². The van der Waals surface area contributed by atoms with E-state index >= 15 is 0 Å². The van der Waals surface area contributed by atoms with Gasteiger partial charge in [0, 0.05) is 26.1 Å². The van der Waals surface area contributed by atoms with Crippen molar-refractivity contribution in [2.75, 3.05) is 13.6 Å². The standard InChI is InChI=1S/C16H16N4O4/c1-19-9-10(7-14(19)21)17-15(22)13-8-12(16(23)24)18-20(13)11-5-3-2-4-6-11/h2-6,8,10H,7,9H2,1H3,(H,17,22)(H,23,24)/t10-/m1/s1. The fourth-order valence-electron chi connectivity index (χ4n) is 2.63. The number of amides is 2. The van der Waals surface area contributed by atoms with E-state index in [9.17, 15) is 14.4 Å². The van der Waals surface area contributed by atoms with E-state index < -0.39 is 11.9 Å². The number of benzene rings is 1. The first kappa shape index (κ1) is 15.7. The molecule has 2 amide bonds. The van der Waals surface area contributed by atoms with Crippen molar-refractivity contribution in [1.82, 2.24) is 20.0 Å². The van der Waals surface area contributed by atoms with Gasteiger partial charge in [0.25, 0.3) is 5.91 Å². The number of carboxylic acids is 1. The molecule has 124 valence electrons. The average Bonchev–Trinajstić information content (AvgIpc) is 3.13. The number of likely N-dealkylation sites (tertiary alicyclic amines) is 1. The minimum absolute atomic E-state index is 0.0388. The predicted octanol–water partition coefficient (Wildman–Crippen LogP) is 0.531. The molecule has 8 nitrogen and oxygen atoms in total. The van der Waals surface area contributed by atoms with E-state index in [4.69, 9.17) is 5.11 Å². The zero-order valence-corrected chi connectivity index (χ0v) is 13.0. The number of nitrogens with one attached hydrogen (secondary N) is 1. The summed E-state index contributed by atoms with van der Waals surface area (Å²) in [6, 6.07) is 9.72. The van der Waals surface area contributed by atoms with Gasteiger partial charge in [0.05, 0.1) is 11.7 Å². The Hall–Kier alpha value is -3.16. The van der Waals surface area contributed by atoms with E-state index in [0.717, 1.165) is 0 Å². The predicted molar refractivity (Wildman–Crippen MR) is 84.0 cm³/mol. The van der Waals surface area contributed by atoms with Gasteiger partial charge in [0.1, 0.15) is 5.69 Å². The molecule has 2 heterocycles. The maximum absolute atomic E-state index is 12.5. The van der Waals surface area contributed by atoms with Crippen LogP contribution in [0.5, 0.6) is 0 Å². The smallest absolute Gasteiger partial charge is 0.356 e. The second-order valence-electron chi connectivity index (χ2n) is 5.62. The number of carbonyl (C=O) groups is 3. The maximum atomic E-state index is 12.5. The molecule has 0 radical (unpaired) electrons. The molecule has 1 fully saturated rings. The molecule has 1 aliphatic heterocycles. The average molecular weight is 328 g/mol. The molecule has 0 spiro atoms. The van der Waals surface area contributed by atoms with Crippen LogP contribution in [-0.4, -0.2) is 57.2 Å². The lowest BCUT2D eigenvalue weighted by Gasteiger charge is -2.13. The van der Waals surface area contributed by atoms with E-state index in [0.29, 0.717) is 12.2 Å². The summed E-state index contributed by atoms with van der Waals surface area (Å²) < 4.78 is 1.29. The molecule has 1 atom stereocenters. The van der Waals surface area contributed by atoms with Crippen LogP contribution in [0.15, 0.2) is 36.4 Å². The van der Waals surface area contributed by atoms with Crippen LogP contribution in [-0.2, 0) is 4.79 Å². The van der Waals surface area contributed by atoms with E-state index in [2.05, 4.69) is 10.4 Å². The third-order valence-electron chi connectivity index (χ3n) is 3.84. The summed E-state index contributed by atoms with van der Waals surface area (Å²) in [5.74, 6) is -1.72. The molecule has 1 aromatic heterocycles. The first-order chi connectivity index (χ1) is 11.5. The van der Waals surface area contributed by atoms with Gasteiger partial charge in [0.15, 0.2) is 5.69 Å². The summed E-state index contributed by atoms with van der Waals surface area (Å²) in [6.45, 7) is 0.426. The summed E-state index contributed by atoms with van der Waals surface area (Å²) in [5, 5.41) is 15.9. The second kappa shape index (κ2) is 6.15. The first-order valence-electron chi connectivity index (χ1n) is 7.39. The van der Waals surface area contributed by atoms with E-state index in [1.165, 1.54) is 10.7 Å². The number of rotatable bonds is 4. The molecule has 1 saturated heterocycles. The highest BCUT2D eigenvalue weighted by Crippen LogP contribution is 2.15. The zero-order valence-electron chi connectivity index (χ0n) is 13.0. The molecule has 3 rings (SSSR count). The molecule has 1 aliphatic rings. The van der Waals surface area contributed by atoms with Crippen molar-refractivity contribution in [2.24, 2.45) is 0 Å². The van der Waals surface area contributed by atoms with Crippen LogP contribution >= 0.6 is 0 Å². The Morgan fingerprint density at radius 1 is 1.29 bits per heavy atom. The van der Waals surface area contributed by atoms with E-state index in [1.807, 2.05) is 6.07 Å². The highest BCUT2D eigenvalue weighted by molar-refractivity contribution is 5.97. The fraction of sp³-hybridized carbons (Fsp3) is 0.250. The monoisotopic (exact) mass is 328 g/mol. The zero-order chi connectivity index (χ0) is 17.3. The number of hydrogen-bond acceptors (Lipinski definition) is 4. The lowest BCUT2D eigenvalue weighted by Crippen LogP contribution is -2.37. The Morgan fingerprint density at radius 2 is 2.00 bits per heavy atom. The summed E-state index contributed by atoms with van der Waals surface area (Å²) in [6.07, 6.45) is 0.230. The van der Waals surface area contributed by atoms with Crippen LogP contribution in [0.1, 0.15) is 27.4 Å². The molecule has 2 aromatic rings. The highest BCUT2D eigenvalue weighted by Gasteiger charge is 2.29. The van der Waals surface area contributed by atoms with Gasteiger partial charge in [-0.25, -0.2) is 9.48 Å². The van der Waals surface area contributed by atoms with Gasteiger partial charge in [-0.1, -0.05) is 18.2 Å². The normalized spacial score (nSPS) is 17.1. The fourth-order valence-corrected chi connectivity index (χ4v) is 2.63. The van der Waals surface area contributed by atoms with Crippen molar-refractivity contribution >= 4 is 17.8 Å². The number of likely N-dealkylation sites (N-methyl/N-ethyl adjacent to an activating group) is 1. The molecule has 0 saturated carbocycles. The van der Waals surface area contributed by atoms with Crippen molar-refractivity contribution in [3.63, 3.8) is 0 Å². The molecule has 0 unspecified atom stereocenters.